The maximum absolute atomic E-state index is 6.11. The van der Waals surface area contributed by atoms with Gasteiger partial charge in [0, 0.05) is 5.41 Å². The molecule has 0 aliphatic heterocycles. The summed E-state index contributed by atoms with van der Waals surface area (Å²) in [6.07, 6.45) is 9.64. The zero-order chi connectivity index (χ0) is 17.9. The van der Waals surface area contributed by atoms with Gasteiger partial charge in [0.25, 0.3) is 0 Å². The van der Waals surface area contributed by atoms with Crippen LogP contribution >= 0.6 is 35.4 Å². The molecule has 0 saturated heterocycles. The fourth-order valence-electron chi connectivity index (χ4n) is 5.84. The zero-order valence-electron chi connectivity index (χ0n) is 14.3. The van der Waals surface area contributed by atoms with Crippen LogP contribution in [0.2, 0.25) is 10.0 Å². The van der Waals surface area contributed by atoms with E-state index in [1.807, 2.05) is 16.8 Å². The number of H-pyrrole nitrogens is 1. The predicted molar refractivity (Wildman–Crippen MR) is 107 cm³/mol. The first-order chi connectivity index (χ1) is 12.5. The SMILES string of the molecule is S=c1[nH]nc(C23CC4CC(CC(C4)C2)C3)n1/N=C/c1ccc(Cl)c(Cl)c1. The highest BCUT2D eigenvalue weighted by atomic mass is 35.5. The van der Waals surface area contributed by atoms with Crippen LogP contribution in [0.1, 0.15) is 49.9 Å². The molecule has 4 bridgehead atoms. The molecule has 4 saturated carbocycles. The van der Waals surface area contributed by atoms with E-state index in [2.05, 4.69) is 15.3 Å². The molecule has 7 heteroatoms. The molecule has 1 N–H and O–H groups in total. The second-order valence-electron chi connectivity index (χ2n) is 8.28. The van der Waals surface area contributed by atoms with Gasteiger partial charge < -0.3 is 0 Å². The lowest BCUT2D eigenvalue weighted by Gasteiger charge is -2.55. The number of hydrogen-bond acceptors (Lipinski definition) is 3. The van der Waals surface area contributed by atoms with Gasteiger partial charge in [-0.2, -0.15) is 14.9 Å². The molecule has 0 unspecified atom stereocenters. The van der Waals surface area contributed by atoms with Gasteiger partial charge in [-0.1, -0.05) is 29.3 Å². The van der Waals surface area contributed by atoms with Crippen LogP contribution in [0.5, 0.6) is 0 Å². The van der Waals surface area contributed by atoms with E-state index < -0.39 is 0 Å². The molecule has 4 fully saturated rings. The van der Waals surface area contributed by atoms with E-state index in [1.54, 1.807) is 12.3 Å². The molecule has 0 radical (unpaired) electrons. The Hall–Kier alpha value is -1.17. The van der Waals surface area contributed by atoms with Crippen LogP contribution in [0.25, 0.3) is 0 Å². The highest BCUT2D eigenvalue weighted by molar-refractivity contribution is 7.71. The van der Waals surface area contributed by atoms with E-state index in [-0.39, 0.29) is 5.41 Å². The standard InChI is InChI=1S/C19H20Cl2N4S/c20-15-2-1-11(6-16(15)21)10-22-25-17(23-24-18(25)26)19-7-12-3-13(8-19)5-14(4-12)9-19/h1-2,6,10,12-14H,3-5,7-9H2,(H,24,26)/b22-10+. The second-order valence-corrected chi connectivity index (χ2v) is 9.48. The number of halogens is 2. The minimum absolute atomic E-state index is 0.136. The van der Waals surface area contributed by atoms with Gasteiger partial charge in [0.2, 0.25) is 4.77 Å². The van der Waals surface area contributed by atoms with Gasteiger partial charge in [-0.3, -0.25) is 5.10 Å². The van der Waals surface area contributed by atoms with E-state index in [0.29, 0.717) is 14.8 Å². The fraction of sp³-hybridized carbons (Fsp3) is 0.526. The summed E-state index contributed by atoms with van der Waals surface area (Å²) in [5.74, 6) is 3.55. The lowest BCUT2D eigenvalue weighted by molar-refractivity contribution is -0.0109. The van der Waals surface area contributed by atoms with Crippen molar-refractivity contribution in [3.63, 3.8) is 0 Å². The van der Waals surface area contributed by atoms with Crippen LogP contribution in [0.15, 0.2) is 23.3 Å². The summed E-state index contributed by atoms with van der Waals surface area (Å²) in [5, 5.41) is 13.3. The Morgan fingerprint density at radius 1 is 1.12 bits per heavy atom. The first-order valence-electron chi connectivity index (χ1n) is 9.20. The molecule has 0 spiro atoms. The topological polar surface area (TPSA) is 46.0 Å². The minimum Gasteiger partial charge on any atom is -0.250 e. The molecule has 0 amide bonds. The number of nitrogens with zero attached hydrogens (tertiary/aromatic N) is 3. The zero-order valence-corrected chi connectivity index (χ0v) is 16.6. The lowest BCUT2D eigenvalue weighted by atomic mass is 9.49. The van der Waals surface area contributed by atoms with Crippen molar-refractivity contribution in [2.75, 3.05) is 0 Å². The van der Waals surface area contributed by atoms with Gasteiger partial charge in [0.1, 0.15) is 0 Å². The number of rotatable bonds is 3. The van der Waals surface area contributed by atoms with Crippen molar-refractivity contribution >= 4 is 41.6 Å². The Kier molecular flexibility index (Phi) is 4.03. The maximum Gasteiger partial charge on any atom is 0.216 e. The molecule has 4 aliphatic carbocycles. The molecular weight excluding hydrogens is 387 g/mol. The summed E-state index contributed by atoms with van der Waals surface area (Å²) in [4.78, 5) is 0. The number of nitrogens with one attached hydrogen (secondary N) is 1. The van der Waals surface area contributed by atoms with Crippen LogP contribution in [-0.2, 0) is 5.41 Å². The molecule has 1 heterocycles. The van der Waals surface area contributed by atoms with Gasteiger partial charge in [-0.15, -0.1) is 0 Å². The second kappa shape index (κ2) is 6.18. The highest BCUT2D eigenvalue weighted by Crippen LogP contribution is 2.60. The third-order valence-corrected chi connectivity index (χ3v) is 7.43. The van der Waals surface area contributed by atoms with Crippen molar-refractivity contribution in [3.8, 4) is 0 Å². The van der Waals surface area contributed by atoms with Gasteiger partial charge in [-0.05, 0) is 86.2 Å². The first-order valence-corrected chi connectivity index (χ1v) is 10.4. The molecule has 6 rings (SSSR count). The van der Waals surface area contributed by atoms with E-state index in [4.69, 9.17) is 35.4 Å². The van der Waals surface area contributed by atoms with Crippen molar-refractivity contribution in [1.82, 2.24) is 14.9 Å². The van der Waals surface area contributed by atoms with Crippen LogP contribution in [0, 0.1) is 22.5 Å². The van der Waals surface area contributed by atoms with Gasteiger partial charge >= 0.3 is 0 Å². The third kappa shape index (κ3) is 2.76. The van der Waals surface area contributed by atoms with E-state index in [1.165, 1.54) is 38.5 Å². The summed E-state index contributed by atoms with van der Waals surface area (Å²) >= 11 is 17.6. The minimum atomic E-state index is 0.136. The molecule has 136 valence electrons. The summed E-state index contributed by atoms with van der Waals surface area (Å²) < 4.78 is 2.37. The van der Waals surface area contributed by atoms with E-state index >= 15 is 0 Å². The summed E-state index contributed by atoms with van der Waals surface area (Å²) in [5.41, 5.74) is 1.02. The average molecular weight is 407 g/mol. The summed E-state index contributed by atoms with van der Waals surface area (Å²) in [6.45, 7) is 0. The molecule has 26 heavy (non-hydrogen) atoms. The Bertz CT molecular complexity index is 910. The Balaban J connectivity index is 1.51. The monoisotopic (exact) mass is 406 g/mol. The van der Waals surface area contributed by atoms with Crippen LogP contribution < -0.4 is 0 Å². The Morgan fingerprint density at radius 2 is 1.77 bits per heavy atom. The lowest BCUT2D eigenvalue weighted by Crippen LogP contribution is -2.49. The third-order valence-electron chi connectivity index (χ3n) is 6.43. The van der Waals surface area contributed by atoms with Crippen molar-refractivity contribution in [3.05, 3.63) is 44.4 Å². The molecule has 4 aliphatic rings. The first kappa shape index (κ1) is 17.0. The van der Waals surface area contributed by atoms with Gasteiger partial charge in [0.05, 0.1) is 16.3 Å². The number of hydrogen-bond donors (Lipinski definition) is 1. The van der Waals surface area contributed by atoms with Gasteiger partial charge in [0.15, 0.2) is 5.82 Å². The Labute approximate surface area is 167 Å². The largest absolute Gasteiger partial charge is 0.250 e. The number of aromatic nitrogens is 3. The number of aromatic amines is 1. The molecular formula is C19H20Cl2N4S. The van der Waals surface area contributed by atoms with Crippen molar-refractivity contribution in [2.24, 2.45) is 22.9 Å². The molecule has 4 nitrogen and oxygen atoms in total. The maximum atomic E-state index is 6.11. The van der Waals surface area contributed by atoms with E-state index in [9.17, 15) is 0 Å². The summed E-state index contributed by atoms with van der Waals surface area (Å²) in [6, 6.07) is 5.48. The summed E-state index contributed by atoms with van der Waals surface area (Å²) in [7, 11) is 0. The normalized spacial score (nSPS) is 32.6. The van der Waals surface area contributed by atoms with Crippen molar-refractivity contribution in [2.45, 2.75) is 43.9 Å². The molecule has 0 atom stereocenters. The van der Waals surface area contributed by atoms with E-state index in [0.717, 1.165) is 29.1 Å². The van der Waals surface area contributed by atoms with Crippen molar-refractivity contribution < 1.29 is 0 Å². The van der Waals surface area contributed by atoms with Crippen LogP contribution in [0.3, 0.4) is 0 Å². The fourth-order valence-corrected chi connectivity index (χ4v) is 6.33. The highest BCUT2D eigenvalue weighted by Gasteiger charge is 2.53. The Morgan fingerprint density at radius 3 is 2.38 bits per heavy atom. The molecule has 1 aromatic heterocycles. The van der Waals surface area contributed by atoms with Crippen LogP contribution in [-0.4, -0.2) is 21.1 Å². The quantitative estimate of drug-likeness (QED) is 0.532. The van der Waals surface area contributed by atoms with Crippen molar-refractivity contribution in [1.29, 1.82) is 0 Å². The smallest absolute Gasteiger partial charge is 0.216 e. The molecule has 1 aromatic carbocycles. The van der Waals surface area contributed by atoms with Crippen LogP contribution in [0.4, 0.5) is 0 Å². The molecule has 2 aromatic rings. The van der Waals surface area contributed by atoms with Gasteiger partial charge in [-0.25, -0.2) is 0 Å². The number of benzene rings is 1. The predicted octanol–water partition coefficient (Wildman–Crippen LogP) is 5.60. The average Bonchev–Trinajstić information content (AvgIpc) is 2.96.